The Kier molecular flexibility index (Phi) is 5.09. The van der Waals surface area contributed by atoms with Gasteiger partial charge in [-0.05, 0) is 80.1 Å². The number of unbranched alkanes of at least 4 members (excludes halogenated alkanes) is 1. The van der Waals surface area contributed by atoms with Crippen molar-refractivity contribution in [2.24, 2.45) is 0 Å². The number of cyclic esters (lactones) is 1. The number of amides is 1. The number of fused-ring (bicyclic) bond motifs is 1. The second-order valence-electron chi connectivity index (χ2n) is 8.30. The highest BCUT2D eigenvalue weighted by Gasteiger charge is 2.45. The fourth-order valence-corrected chi connectivity index (χ4v) is 4.77. The average Bonchev–Trinajstić information content (AvgIpc) is 3.26. The molecule has 2 atom stereocenters. The van der Waals surface area contributed by atoms with Crippen LogP contribution in [0, 0.1) is 0 Å². The van der Waals surface area contributed by atoms with E-state index < -0.39 is 0 Å². The third kappa shape index (κ3) is 3.81. The highest BCUT2D eigenvalue weighted by Crippen LogP contribution is 2.43. The molecule has 1 amide bonds. The zero-order valence-electron chi connectivity index (χ0n) is 16.1. The molecule has 27 heavy (non-hydrogen) atoms. The number of benzene rings is 1. The number of hydrogen-bond acceptors (Lipinski definition) is 3. The van der Waals surface area contributed by atoms with Crippen molar-refractivity contribution in [3.63, 3.8) is 0 Å². The molecule has 144 valence electrons. The maximum atomic E-state index is 11.5. The molecule has 0 radical (unpaired) electrons. The average molecular weight is 367 g/mol. The van der Waals surface area contributed by atoms with Gasteiger partial charge in [-0.25, -0.2) is 4.79 Å². The van der Waals surface area contributed by atoms with Gasteiger partial charge in [-0.1, -0.05) is 35.9 Å². The van der Waals surface area contributed by atoms with E-state index in [0.717, 1.165) is 44.9 Å². The number of nitrogens with one attached hydrogen (secondary N) is 1. The number of carbonyl (C=O) groups is 1. The molecule has 1 aromatic rings. The Labute approximate surface area is 161 Å². The number of aliphatic hydroxyl groups excluding tert-OH is 1. The van der Waals surface area contributed by atoms with Crippen LogP contribution in [-0.2, 0) is 11.2 Å². The standard InChI is InChI=1S/C23H29NO3/c1-16(4-2-3-11-25)17-5-6-19-13-20(8-7-18(19)12-17)21-9-10-23(14-21)15-27-22(26)24-23/h4,7-8,12-13,21,25H,2-3,5-6,9-11,14-15H2,1H3,(H,24,26)/b16-4+/t21-,23+/m0/s1. The first-order valence-corrected chi connectivity index (χ1v) is 10.1. The Balaban J connectivity index is 1.48. The van der Waals surface area contributed by atoms with Crippen LogP contribution in [-0.4, -0.2) is 30.0 Å². The van der Waals surface area contributed by atoms with E-state index in [1.54, 1.807) is 0 Å². The van der Waals surface area contributed by atoms with Gasteiger partial charge in [0.1, 0.15) is 6.61 Å². The lowest BCUT2D eigenvalue weighted by Crippen LogP contribution is -2.40. The molecule has 4 nitrogen and oxygen atoms in total. The van der Waals surface area contributed by atoms with Gasteiger partial charge in [0.25, 0.3) is 0 Å². The highest BCUT2D eigenvalue weighted by atomic mass is 16.6. The summed E-state index contributed by atoms with van der Waals surface area (Å²) in [4.78, 5) is 11.5. The molecule has 4 heteroatoms. The molecule has 2 N–H and O–H groups in total. The van der Waals surface area contributed by atoms with Crippen LogP contribution < -0.4 is 5.32 Å². The molecular weight excluding hydrogens is 338 g/mol. The van der Waals surface area contributed by atoms with Crippen molar-refractivity contribution in [1.82, 2.24) is 5.32 Å². The van der Waals surface area contributed by atoms with E-state index >= 15 is 0 Å². The zero-order valence-corrected chi connectivity index (χ0v) is 16.1. The predicted molar refractivity (Wildman–Crippen MR) is 107 cm³/mol. The van der Waals surface area contributed by atoms with Gasteiger partial charge in [0.05, 0.1) is 5.54 Å². The van der Waals surface area contributed by atoms with E-state index in [4.69, 9.17) is 9.84 Å². The third-order valence-corrected chi connectivity index (χ3v) is 6.41. The number of allylic oxidation sites excluding steroid dienone is 3. The van der Waals surface area contributed by atoms with Crippen LogP contribution in [0.3, 0.4) is 0 Å². The summed E-state index contributed by atoms with van der Waals surface area (Å²) in [6.45, 7) is 2.95. The van der Waals surface area contributed by atoms with Gasteiger partial charge >= 0.3 is 6.09 Å². The smallest absolute Gasteiger partial charge is 0.407 e. The van der Waals surface area contributed by atoms with E-state index in [2.05, 4.69) is 42.6 Å². The van der Waals surface area contributed by atoms with Crippen LogP contribution in [0.25, 0.3) is 6.08 Å². The Morgan fingerprint density at radius 2 is 2.30 bits per heavy atom. The minimum absolute atomic E-state index is 0.138. The lowest BCUT2D eigenvalue weighted by Gasteiger charge is -2.22. The summed E-state index contributed by atoms with van der Waals surface area (Å²) < 4.78 is 5.16. The van der Waals surface area contributed by atoms with Crippen molar-refractivity contribution >= 4 is 12.2 Å². The summed E-state index contributed by atoms with van der Waals surface area (Å²) >= 11 is 0. The summed E-state index contributed by atoms with van der Waals surface area (Å²) in [5.41, 5.74) is 6.79. The molecule has 1 spiro atoms. The van der Waals surface area contributed by atoms with Crippen molar-refractivity contribution in [1.29, 1.82) is 0 Å². The highest BCUT2D eigenvalue weighted by molar-refractivity contribution is 5.71. The van der Waals surface area contributed by atoms with E-state index in [1.165, 1.54) is 27.8 Å². The lowest BCUT2D eigenvalue weighted by molar-refractivity contribution is 0.172. The van der Waals surface area contributed by atoms with E-state index in [9.17, 15) is 4.79 Å². The maximum absolute atomic E-state index is 11.5. The van der Waals surface area contributed by atoms with E-state index in [0.29, 0.717) is 12.5 Å². The second-order valence-corrected chi connectivity index (χ2v) is 8.30. The molecule has 1 aliphatic heterocycles. The summed E-state index contributed by atoms with van der Waals surface area (Å²) in [5.74, 6) is 0.503. The first-order valence-electron chi connectivity index (χ1n) is 10.1. The Morgan fingerprint density at radius 3 is 3.07 bits per heavy atom. The first-order chi connectivity index (χ1) is 13.1. The van der Waals surface area contributed by atoms with Gasteiger partial charge in [-0.3, -0.25) is 0 Å². The molecule has 2 aliphatic carbocycles. The largest absolute Gasteiger partial charge is 0.447 e. The molecule has 1 heterocycles. The fourth-order valence-electron chi connectivity index (χ4n) is 4.77. The molecular formula is C23H29NO3. The van der Waals surface area contributed by atoms with Gasteiger partial charge in [0.2, 0.25) is 0 Å². The summed E-state index contributed by atoms with van der Waals surface area (Å²) in [7, 11) is 0. The van der Waals surface area contributed by atoms with Crippen molar-refractivity contribution in [3.05, 3.63) is 52.1 Å². The fraction of sp³-hybridized carbons (Fsp3) is 0.522. The second kappa shape index (κ2) is 7.51. The van der Waals surface area contributed by atoms with Gasteiger partial charge in [-0.2, -0.15) is 0 Å². The third-order valence-electron chi connectivity index (χ3n) is 6.41. The number of rotatable bonds is 5. The summed E-state index contributed by atoms with van der Waals surface area (Å²) in [6.07, 6.45) is 11.3. The van der Waals surface area contributed by atoms with E-state index in [1.807, 2.05) is 0 Å². The van der Waals surface area contributed by atoms with Crippen LogP contribution >= 0.6 is 0 Å². The molecule has 4 rings (SSSR count). The number of aliphatic hydroxyl groups is 1. The summed E-state index contributed by atoms with van der Waals surface area (Å²) in [5, 5.41) is 12.0. The Morgan fingerprint density at radius 1 is 1.41 bits per heavy atom. The van der Waals surface area contributed by atoms with E-state index in [-0.39, 0.29) is 18.2 Å². The molecule has 1 saturated carbocycles. The first kappa shape index (κ1) is 18.3. The monoisotopic (exact) mass is 367 g/mol. The number of ether oxygens (including phenoxy) is 1. The van der Waals surface area contributed by atoms with Gasteiger partial charge in [-0.15, -0.1) is 0 Å². The van der Waals surface area contributed by atoms with Crippen LogP contribution in [0.5, 0.6) is 0 Å². The number of hydrogen-bond donors (Lipinski definition) is 2. The quantitative estimate of drug-likeness (QED) is 0.754. The van der Waals surface area contributed by atoms with Crippen LogP contribution in [0.2, 0.25) is 0 Å². The predicted octanol–water partition coefficient (Wildman–Crippen LogP) is 4.48. The molecule has 1 saturated heterocycles. The van der Waals surface area contributed by atoms with Gasteiger partial charge in [0.15, 0.2) is 0 Å². The minimum Gasteiger partial charge on any atom is -0.447 e. The molecule has 2 fully saturated rings. The number of alkyl carbamates (subject to hydrolysis) is 1. The van der Waals surface area contributed by atoms with Crippen LogP contribution in [0.1, 0.15) is 68.1 Å². The minimum atomic E-state index is -0.263. The molecule has 1 aromatic carbocycles. The van der Waals surface area contributed by atoms with Gasteiger partial charge in [0, 0.05) is 6.61 Å². The van der Waals surface area contributed by atoms with Crippen molar-refractivity contribution in [3.8, 4) is 0 Å². The van der Waals surface area contributed by atoms with Crippen molar-refractivity contribution < 1.29 is 14.6 Å². The van der Waals surface area contributed by atoms with Crippen LogP contribution in [0.4, 0.5) is 4.79 Å². The lowest BCUT2D eigenvalue weighted by atomic mass is 9.85. The Bertz CT molecular complexity index is 795. The SMILES string of the molecule is C/C(=C\CCCO)C1=Cc2ccc([C@H]3CC[C@]4(COC(=O)N4)C3)cc2CC1. The van der Waals surface area contributed by atoms with Gasteiger partial charge < -0.3 is 15.2 Å². The summed E-state index contributed by atoms with van der Waals surface area (Å²) in [6, 6.07) is 6.92. The molecule has 0 unspecified atom stereocenters. The molecule has 0 aromatic heterocycles. The van der Waals surface area contributed by atoms with Crippen molar-refractivity contribution in [2.45, 2.75) is 63.3 Å². The number of aryl methyl sites for hydroxylation is 1. The number of carbonyl (C=O) groups excluding carboxylic acids is 1. The Hall–Kier alpha value is -2.07. The van der Waals surface area contributed by atoms with Crippen LogP contribution in [0.15, 0.2) is 35.4 Å². The zero-order chi connectivity index (χ0) is 18.9. The maximum Gasteiger partial charge on any atom is 0.407 e. The molecule has 0 bridgehead atoms. The topological polar surface area (TPSA) is 58.6 Å². The molecule has 3 aliphatic rings. The van der Waals surface area contributed by atoms with Crippen molar-refractivity contribution in [2.75, 3.05) is 13.2 Å². The normalized spacial score (nSPS) is 27.3.